The maximum Gasteiger partial charge on any atom is 0.252 e. The van der Waals surface area contributed by atoms with E-state index in [9.17, 15) is 4.79 Å². The smallest absolute Gasteiger partial charge is 0.252 e. The Balaban J connectivity index is 2.73. The Hall–Kier alpha value is -1.36. The van der Waals surface area contributed by atoms with E-state index in [2.05, 4.69) is 9.97 Å². The van der Waals surface area contributed by atoms with Gasteiger partial charge in [0.25, 0.3) is 5.56 Å². The quantitative estimate of drug-likeness (QED) is 0.747. The second-order valence-electron chi connectivity index (χ2n) is 3.88. The summed E-state index contributed by atoms with van der Waals surface area (Å²) in [6, 6.07) is 1.66. The summed E-state index contributed by atoms with van der Waals surface area (Å²) in [4.78, 5) is 20.0. The molecule has 1 aromatic rings. The van der Waals surface area contributed by atoms with Gasteiger partial charge in [-0.1, -0.05) is 0 Å². The van der Waals surface area contributed by atoms with Crippen molar-refractivity contribution in [3.8, 4) is 0 Å². The largest absolute Gasteiger partial charge is 0.359 e. The van der Waals surface area contributed by atoms with E-state index in [-0.39, 0.29) is 11.6 Å². The zero-order chi connectivity index (χ0) is 11.4. The fourth-order valence-corrected chi connectivity index (χ4v) is 1.27. The second kappa shape index (κ2) is 4.93. The van der Waals surface area contributed by atoms with Crippen molar-refractivity contribution in [2.45, 2.75) is 26.3 Å². The van der Waals surface area contributed by atoms with Crippen molar-refractivity contribution in [1.82, 2.24) is 9.97 Å². The Morgan fingerprint density at radius 1 is 1.67 bits per heavy atom. The molecule has 1 rings (SSSR count). The van der Waals surface area contributed by atoms with Gasteiger partial charge in [-0.05, 0) is 20.3 Å². The molecule has 1 aromatic heterocycles. The normalized spacial score (nSPS) is 12.5. The van der Waals surface area contributed by atoms with Gasteiger partial charge in [0.1, 0.15) is 11.6 Å². The van der Waals surface area contributed by atoms with E-state index in [4.69, 9.17) is 5.73 Å². The van der Waals surface area contributed by atoms with Gasteiger partial charge in [0.2, 0.25) is 0 Å². The van der Waals surface area contributed by atoms with Crippen molar-refractivity contribution in [3.05, 3.63) is 22.2 Å². The molecule has 0 radical (unpaired) electrons. The van der Waals surface area contributed by atoms with E-state index < -0.39 is 0 Å². The number of hydrogen-bond donors (Lipinski definition) is 2. The number of rotatable bonds is 4. The Bertz CT molecular complexity index is 372. The van der Waals surface area contributed by atoms with Crippen LogP contribution >= 0.6 is 0 Å². The van der Waals surface area contributed by atoms with Crippen LogP contribution in [-0.4, -0.2) is 29.6 Å². The van der Waals surface area contributed by atoms with Crippen molar-refractivity contribution >= 4 is 5.82 Å². The third-order valence-corrected chi connectivity index (χ3v) is 2.16. The number of nitrogens with zero attached hydrogens (tertiary/aromatic N) is 2. The molecular weight excluding hydrogens is 192 g/mol. The first-order chi connectivity index (χ1) is 6.99. The second-order valence-corrected chi connectivity index (χ2v) is 3.88. The molecule has 1 atom stereocenters. The molecule has 15 heavy (non-hydrogen) atoms. The van der Waals surface area contributed by atoms with Crippen LogP contribution < -0.4 is 16.2 Å². The van der Waals surface area contributed by atoms with Crippen LogP contribution in [0.15, 0.2) is 10.9 Å². The van der Waals surface area contributed by atoms with Crippen molar-refractivity contribution < 1.29 is 0 Å². The van der Waals surface area contributed by atoms with E-state index in [1.807, 2.05) is 18.9 Å². The minimum absolute atomic E-state index is 0.120. The fourth-order valence-electron chi connectivity index (χ4n) is 1.27. The first-order valence-electron chi connectivity index (χ1n) is 5.03. The molecule has 0 aliphatic carbocycles. The number of aromatic nitrogens is 2. The van der Waals surface area contributed by atoms with Crippen LogP contribution in [-0.2, 0) is 0 Å². The average molecular weight is 210 g/mol. The van der Waals surface area contributed by atoms with Crippen LogP contribution in [0.5, 0.6) is 0 Å². The van der Waals surface area contributed by atoms with Crippen LogP contribution in [0, 0.1) is 6.92 Å². The van der Waals surface area contributed by atoms with Gasteiger partial charge in [-0.3, -0.25) is 4.79 Å². The van der Waals surface area contributed by atoms with Crippen molar-refractivity contribution in [2.24, 2.45) is 5.73 Å². The van der Waals surface area contributed by atoms with Crippen LogP contribution in [0.1, 0.15) is 19.2 Å². The number of anilines is 1. The van der Waals surface area contributed by atoms with Crippen molar-refractivity contribution in [2.75, 3.05) is 18.5 Å². The summed E-state index contributed by atoms with van der Waals surface area (Å²) < 4.78 is 0. The summed E-state index contributed by atoms with van der Waals surface area (Å²) >= 11 is 0. The first-order valence-corrected chi connectivity index (χ1v) is 5.03. The standard InChI is InChI=1S/C10H18N4O/c1-7(11)4-5-14(3)9-6-10(15)13-8(2)12-9/h6-7H,4-5,11H2,1-3H3,(H,12,13,15). The Morgan fingerprint density at radius 3 is 2.87 bits per heavy atom. The molecule has 1 heterocycles. The lowest BCUT2D eigenvalue weighted by Gasteiger charge is -2.19. The topological polar surface area (TPSA) is 75.0 Å². The molecule has 5 nitrogen and oxygen atoms in total. The number of hydrogen-bond acceptors (Lipinski definition) is 4. The molecule has 84 valence electrons. The summed E-state index contributed by atoms with van der Waals surface area (Å²) in [6.07, 6.45) is 0.879. The highest BCUT2D eigenvalue weighted by molar-refractivity contribution is 5.35. The zero-order valence-corrected chi connectivity index (χ0v) is 9.45. The molecule has 0 amide bonds. The molecular formula is C10H18N4O. The van der Waals surface area contributed by atoms with Gasteiger partial charge in [0.05, 0.1) is 0 Å². The molecule has 0 aliphatic rings. The van der Waals surface area contributed by atoms with Gasteiger partial charge in [-0.15, -0.1) is 0 Å². The zero-order valence-electron chi connectivity index (χ0n) is 9.45. The molecule has 0 bridgehead atoms. The fraction of sp³-hybridized carbons (Fsp3) is 0.600. The van der Waals surface area contributed by atoms with E-state index in [0.29, 0.717) is 11.6 Å². The molecule has 0 spiro atoms. The van der Waals surface area contributed by atoms with Gasteiger partial charge in [-0.25, -0.2) is 4.98 Å². The molecule has 0 aromatic carbocycles. The lowest BCUT2D eigenvalue weighted by Crippen LogP contribution is -2.27. The maximum atomic E-state index is 11.2. The Labute approximate surface area is 89.3 Å². The highest BCUT2D eigenvalue weighted by Gasteiger charge is 2.05. The average Bonchev–Trinajstić information content (AvgIpc) is 2.12. The minimum atomic E-state index is -0.120. The molecule has 3 N–H and O–H groups in total. The predicted molar refractivity (Wildman–Crippen MR) is 61.1 cm³/mol. The molecule has 0 aliphatic heterocycles. The predicted octanol–water partition coefficient (Wildman–Crippen LogP) is 0.252. The van der Waals surface area contributed by atoms with Crippen LogP contribution in [0.2, 0.25) is 0 Å². The van der Waals surface area contributed by atoms with E-state index in [1.165, 1.54) is 6.07 Å². The van der Waals surface area contributed by atoms with E-state index >= 15 is 0 Å². The number of aryl methyl sites for hydroxylation is 1. The lowest BCUT2D eigenvalue weighted by atomic mass is 10.2. The lowest BCUT2D eigenvalue weighted by molar-refractivity contribution is 0.655. The SMILES string of the molecule is Cc1nc(N(C)CCC(C)N)cc(=O)[nH]1. The number of aromatic amines is 1. The number of nitrogens with two attached hydrogens (primary N) is 1. The number of H-pyrrole nitrogens is 1. The monoisotopic (exact) mass is 210 g/mol. The van der Waals surface area contributed by atoms with Gasteiger partial charge in [0.15, 0.2) is 0 Å². The van der Waals surface area contributed by atoms with Crippen LogP contribution in [0.25, 0.3) is 0 Å². The Kier molecular flexibility index (Phi) is 3.85. The third-order valence-electron chi connectivity index (χ3n) is 2.16. The highest BCUT2D eigenvalue weighted by Crippen LogP contribution is 2.05. The van der Waals surface area contributed by atoms with Crippen molar-refractivity contribution in [1.29, 1.82) is 0 Å². The van der Waals surface area contributed by atoms with Gasteiger partial charge < -0.3 is 15.6 Å². The van der Waals surface area contributed by atoms with Crippen LogP contribution in [0.3, 0.4) is 0 Å². The molecule has 0 saturated carbocycles. The first kappa shape index (κ1) is 11.7. The summed E-state index contributed by atoms with van der Waals surface area (Å²) in [7, 11) is 1.91. The third kappa shape index (κ3) is 3.71. The maximum absolute atomic E-state index is 11.2. The van der Waals surface area contributed by atoms with Gasteiger partial charge >= 0.3 is 0 Å². The van der Waals surface area contributed by atoms with E-state index in [0.717, 1.165) is 13.0 Å². The molecule has 5 heteroatoms. The minimum Gasteiger partial charge on any atom is -0.359 e. The van der Waals surface area contributed by atoms with Gasteiger partial charge in [-0.2, -0.15) is 0 Å². The molecule has 0 saturated heterocycles. The molecule has 1 unspecified atom stereocenters. The summed E-state index contributed by atoms with van der Waals surface area (Å²) in [6.45, 7) is 4.53. The highest BCUT2D eigenvalue weighted by atomic mass is 16.1. The van der Waals surface area contributed by atoms with Crippen LogP contribution in [0.4, 0.5) is 5.82 Å². The molecule has 0 fully saturated rings. The van der Waals surface area contributed by atoms with Crippen molar-refractivity contribution in [3.63, 3.8) is 0 Å². The van der Waals surface area contributed by atoms with E-state index in [1.54, 1.807) is 6.92 Å². The summed E-state index contributed by atoms with van der Waals surface area (Å²) in [5.74, 6) is 1.32. The van der Waals surface area contributed by atoms with Gasteiger partial charge in [0, 0.05) is 25.7 Å². The number of nitrogens with one attached hydrogen (secondary N) is 1. The summed E-state index contributed by atoms with van der Waals surface area (Å²) in [5, 5.41) is 0. The summed E-state index contributed by atoms with van der Waals surface area (Å²) in [5.41, 5.74) is 5.54. The Morgan fingerprint density at radius 2 is 2.33 bits per heavy atom.